The molecule has 3 rings (SSSR count). The zero-order chi connectivity index (χ0) is 23.1. The molecule has 0 bridgehead atoms. The number of hydrogen-bond donors (Lipinski definition) is 0. The minimum Gasteiger partial charge on any atom is -0.488 e. The Kier molecular flexibility index (Phi) is 8.64. The number of fused-ring (bicyclic) bond motifs is 1. The molecule has 1 atom stereocenters. The number of thiophene rings is 1. The van der Waals surface area contributed by atoms with Gasteiger partial charge in [-0.1, -0.05) is 26.0 Å². The molecule has 2 amide bonds. The number of nitrogens with zero attached hydrogens (tertiary/aromatic N) is 2. The van der Waals surface area contributed by atoms with E-state index >= 15 is 0 Å². The molecule has 1 aromatic heterocycles. The van der Waals surface area contributed by atoms with E-state index in [2.05, 4.69) is 0 Å². The maximum atomic E-state index is 14.1. The average Bonchev–Trinajstić information content (AvgIpc) is 3.26. The monoisotopic (exact) mass is 462 g/mol. The van der Waals surface area contributed by atoms with Crippen molar-refractivity contribution in [1.29, 1.82) is 0 Å². The van der Waals surface area contributed by atoms with Crippen molar-refractivity contribution >= 4 is 23.2 Å². The zero-order valence-corrected chi connectivity index (χ0v) is 19.7. The Morgan fingerprint density at radius 2 is 2.06 bits per heavy atom. The molecule has 0 N–H and O–H groups in total. The van der Waals surface area contributed by atoms with E-state index in [9.17, 15) is 14.0 Å². The van der Waals surface area contributed by atoms with Crippen LogP contribution in [0.1, 0.15) is 36.8 Å². The van der Waals surface area contributed by atoms with Gasteiger partial charge >= 0.3 is 0 Å². The topological polar surface area (TPSA) is 59.1 Å². The van der Waals surface area contributed by atoms with Gasteiger partial charge in [0.2, 0.25) is 11.8 Å². The number of ether oxygens (including phenoxy) is 2. The number of halogens is 1. The van der Waals surface area contributed by atoms with Crippen molar-refractivity contribution in [3.05, 3.63) is 52.0 Å². The van der Waals surface area contributed by atoms with Gasteiger partial charge < -0.3 is 19.3 Å². The van der Waals surface area contributed by atoms with Crippen molar-refractivity contribution in [3.8, 4) is 5.75 Å². The second kappa shape index (κ2) is 11.4. The largest absolute Gasteiger partial charge is 0.488 e. The van der Waals surface area contributed by atoms with E-state index in [1.165, 1.54) is 10.9 Å². The first-order chi connectivity index (χ1) is 15.4. The molecular formula is C24H31FN2O4S. The third kappa shape index (κ3) is 5.86. The van der Waals surface area contributed by atoms with E-state index in [0.29, 0.717) is 26.1 Å². The van der Waals surface area contributed by atoms with Crippen LogP contribution in [0.4, 0.5) is 4.39 Å². The minimum absolute atomic E-state index is 0.0103. The van der Waals surface area contributed by atoms with E-state index in [0.717, 1.165) is 12.0 Å². The lowest BCUT2D eigenvalue weighted by atomic mass is 10.00. The van der Waals surface area contributed by atoms with Gasteiger partial charge in [0.05, 0.1) is 12.6 Å². The van der Waals surface area contributed by atoms with Gasteiger partial charge in [0, 0.05) is 37.6 Å². The van der Waals surface area contributed by atoms with E-state index in [1.807, 2.05) is 25.3 Å². The lowest BCUT2D eigenvalue weighted by molar-refractivity contribution is -0.144. The Morgan fingerprint density at radius 1 is 1.28 bits per heavy atom. The molecule has 0 spiro atoms. The molecule has 1 aliphatic heterocycles. The van der Waals surface area contributed by atoms with Crippen LogP contribution in [0.25, 0.3) is 0 Å². The summed E-state index contributed by atoms with van der Waals surface area (Å²) in [5, 5.41) is 2.01. The Hall–Kier alpha value is -2.45. The molecule has 0 saturated heterocycles. The van der Waals surface area contributed by atoms with Crippen LogP contribution in [0, 0.1) is 11.7 Å². The summed E-state index contributed by atoms with van der Waals surface area (Å²) < 4.78 is 25.0. The Morgan fingerprint density at radius 3 is 2.78 bits per heavy atom. The van der Waals surface area contributed by atoms with Gasteiger partial charge in [-0.3, -0.25) is 9.59 Å². The SMILES string of the molecule is COCCCN(CC(=O)N1CCc2sccc2[C@@H]1COc1ccccc1F)C(=O)C(C)C. The second-order valence-corrected chi connectivity index (χ2v) is 9.15. The molecule has 0 unspecified atom stereocenters. The van der Waals surface area contributed by atoms with E-state index < -0.39 is 5.82 Å². The number of carbonyl (C=O) groups is 2. The number of hydrogen-bond acceptors (Lipinski definition) is 5. The van der Waals surface area contributed by atoms with Crippen LogP contribution in [-0.4, -0.2) is 61.6 Å². The Balaban J connectivity index is 1.76. The summed E-state index contributed by atoms with van der Waals surface area (Å²) in [7, 11) is 1.62. The van der Waals surface area contributed by atoms with Crippen molar-refractivity contribution in [1.82, 2.24) is 9.80 Å². The maximum absolute atomic E-state index is 14.1. The second-order valence-electron chi connectivity index (χ2n) is 8.15. The normalized spacial score (nSPS) is 15.5. The quantitative estimate of drug-likeness (QED) is 0.503. The van der Waals surface area contributed by atoms with Gasteiger partial charge in [0.1, 0.15) is 6.61 Å². The lowest BCUT2D eigenvalue weighted by Gasteiger charge is -2.37. The fraction of sp³-hybridized carbons (Fsp3) is 0.500. The summed E-state index contributed by atoms with van der Waals surface area (Å²) in [6.07, 6.45) is 1.42. The molecule has 1 aromatic carbocycles. The van der Waals surface area contributed by atoms with E-state index in [4.69, 9.17) is 9.47 Å². The first-order valence-electron chi connectivity index (χ1n) is 10.9. The van der Waals surface area contributed by atoms with Crippen molar-refractivity contribution < 1.29 is 23.5 Å². The number of carbonyl (C=O) groups excluding carboxylic acids is 2. The fourth-order valence-electron chi connectivity index (χ4n) is 3.89. The van der Waals surface area contributed by atoms with Crippen LogP contribution >= 0.6 is 11.3 Å². The van der Waals surface area contributed by atoms with Gasteiger partial charge in [0.15, 0.2) is 11.6 Å². The van der Waals surface area contributed by atoms with E-state index in [1.54, 1.807) is 46.4 Å². The first-order valence-corrected chi connectivity index (χ1v) is 11.8. The van der Waals surface area contributed by atoms with Crippen LogP contribution < -0.4 is 4.74 Å². The van der Waals surface area contributed by atoms with Gasteiger partial charge in [-0.15, -0.1) is 11.3 Å². The van der Waals surface area contributed by atoms with Crippen LogP contribution in [0.2, 0.25) is 0 Å². The maximum Gasteiger partial charge on any atom is 0.242 e. The Labute approximate surface area is 192 Å². The number of amides is 2. The predicted octanol–water partition coefficient (Wildman–Crippen LogP) is 3.91. The summed E-state index contributed by atoms with van der Waals surface area (Å²) in [6, 6.07) is 7.94. The van der Waals surface area contributed by atoms with Crippen LogP contribution in [0.3, 0.4) is 0 Å². The number of benzene rings is 1. The summed E-state index contributed by atoms with van der Waals surface area (Å²) >= 11 is 1.66. The van der Waals surface area contributed by atoms with Gasteiger partial charge in [-0.25, -0.2) is 4.39 Å². The van der Waals surface area contributed by atoms with Crippen molar-refractivity contribution in [3.63, 3.8) is 0 Å². The molecular weight excluding hydrogens is 431 g/mol. The third-order valence-corrected chi connectivity index (χ3v) is 6.55. The molecule has 0 radical (unpaired) electrons. The highest BCUT2D eigenvalue weighted by Crippen LogP contribution is 2.34. The standard InChI is InChI=1S/C24H31FN2O4S/c1-17(2)24(29)26(11-6-13-30-3)15-23(28)27-12-9-22-18(10-14-32-22)20(27)16-31-21-8-5-4-7-19(21)25/h4-5,7-8,10,14,17,20H,6,9,11-13,15-16H2,1-3H3/t20-/m0/s1. The summed E-state index contributed by atoms with van der Waals surface area (Å²) in [4.78, 5) is 30.7. The molecule has 0 saturated carbocycles. The predicted molar refractivity (Wildman–Crippen MR) is 122 cm³/mol. The molecule has 174 valence electrons. The highest BCUT2D eigenvalue weighted by Gasteiger charge is 2.33. The minimum atomic E-state index is -0.432. The van der Waals surface area contributed by atoms with Crippen molar-refractivity contribution in [2.75, 3.05) is 40.0 Å². The third-order valence-electron chi connectivity index (χ3n) is 5.56. The Bertz CT molecular complexity index is 917. The fourth-order valence-corrected chi connectivity index (χ4v) is 4.82. The van der Waals surface area contributed by atoms with Crippen LogP contribution in [-0.2, 0) is 20.7 Å². The summed E-state index contributed by atoms with van der Waals surface area (Å²) in [5.74, 6) is -0.649. The number of para-hydroxylation sites is 1. The molecule has 2 heterocycles. The van der Waals surface area contributed by atoms with Gasteiger partial charge in [0.25, 0.3) is 0 Å². The van der Waals surface area contributed by atoms with Crippen molar-refractivity contribution in [2.45, 2.75) is 32.7 Å². The van der Waals surface area contributed by atoms with Crippen LogP contribution in [0.15, 0.2) is 35.7 Å². The summed E-state index contributed by atoms with van der Waals surface area (Å²) in [5.41, 5.74) is 1.03. The molecule has 0 aliphatic carbocycles. The smallest absolute Gasteiger partial charge is 0.242 e. The van der Waals surface area contributed by atoms with Gasteiger partial charge in [-0.05, 0) is 42.0 Å². The molecule has 32 heavy (non-hydrogen) atoms. The first kappa shape index (κ1) is 24.2. The zero-order valence-electron chi connectivity index (χ0n) is 18.9. The molecule has 8 heteroatoms. The average molecular weight is 463 g/mol. The highest BCUT2D eigenvalue weighted by atomic mass is 32.1. The summed E-state index contributed by atoms with van der Waals surface area (Å²) in [6.45, 7) is 5.36. The lowest BCUT2D eigenvalue weighted by Crippen LogP contribution is -2.48. The number of rotatable bonds is 10. The van der Waals surface area contributed by atoms with Crippen molar-refractivity contribution in [2.24, 2.45) is 5.92 Å². The highest BCUT2D eigenvalue weighted by molar-refractivity contribution is 7.10. The molecule has 0 fully saturated rings. The van der Waals surface area contributed by atoms with E-state index in [-0.39, 0.29) is 42.7 Å². The molecule has 2 aromatic rings. The molecule has 6 nitrogen and oxygen atoms in total. The van der Waals surface area contributed by atoms with Crippen LogP contribution in [0.5, 0.6) is 5.75 Å². The number of methoxy groups -OCH3 is 1. The van der Waals surface area contributed by atoms with Gasteiger partial charge in [-0.2, -0.15) is 0 Å². The molecule has 1 aliphatic rings.